The molecule has 1 aromatic heterocycles. The van der Waals surface area contributed by atoms with E-state index in [1.807, 2.05) is 18.2 Å². The zero-order valence-corrected chi connectivity index (χ0v) is 10.8. The van der Waals surface area contributed by atoms with E-state index in [0.717, 1.165) is 12.0 Å². The van der Waals surface area contributed by atoms with Crippen LogP contribution in [-0.2, 0) is 6.42 Å². The molecule has 0 aliphatic rings. The van der Waals surface area contributed by atoms with E-state index in [1.54, 1.807) is 37.7 Å². The third-order valence-corrected chi connectivity index (χ3v) is 2.78. The SMILES string of the molecule is COc1cccc(C(=O)NCCc2ccncc2)c1. The number of hydrogen-bond acceptors (Lipinski definition) is 3. The molecule has 0 unspecified atom stereocenters. The van der Waals surface area contributed by atoms with Crippen molar-refractivity contribution in [3.8, 4) is 5.75 Å². The molecule has 2 rings (SSSR count). The number of carbonyl (C=O) groups excluding carboxylic acids is 1. The van der Waals surface area contributed by atoms with E-state index < -0.39 is 0 Å². The van der Waals surface area contributed by atoms with Gasteiger partial charge < -0.3 is 10.1 Å². The van der Waals surface area contributed by atoms with Crippen LogP contribution in [0.5, 0.6) is 5.75 Å². The summed E-state index contributed by atoms with van der Waals surface area (Å²) in [5.41, 5.74) is 1.76. The van der Waals surface area contributed by atoms with Crippen molar-refractivity contribution in [1.29, 1.82) is 0 Å². The second kappa shape index (κ2) is 6.54. The second-order valence-corrected chi connectivity index (χ2v) is 4.09. The number of rotatable bonds is 5. The third kappa shape index (κ3) is 3.81. The highest BCUT2D eigenvalue weighted by molar-refractivity contribution is 5.94. The summed E-state index contributed by atoms with van der Waals surface area (Å²) < 4.78 is 5.09. The number of nitrogens with one attached hydrogen (secondary N) is 1. The maximum absolute atomic E-state index is 11.9. The molecule has 0 fully saturated rings. The number of aromatic nitrogens is 1. The van der Waals surface area contributed by atoms with Gasteiger partial charge in [-0.2, -0.15) is 0 Å². The van der Waals surface area contributed by atoms with Crippen molar-refractivity contribution in [2.75, 3.05) is 13.7 Å². The monoisotopic (exact) mass is 256 g/mol. The summed E-state index contributed by atoms with van der Waals surface area (Å²) in [5, 5.41) is 2.88. The molecule has 0 aliphatic heterocycles. The van der Waals surface area contributed by atoms with E-state index in [0.29, 0.717) is 17.9 Å². The van der Waals surface area contributed by atoms with Gasteiger partial charge in [0, 0.05) is 24.5 Å². The van der Waals surface area contributed by atoms with Crippen molar-refractivity contribution >= 4 is 5.91 Å². The molecule has 4 nitrogen and oxygen atoms in total. The molecule has 1 heterocycles. The first-order chi connectivity index (χ1) is 9.29. The summed E-state index contributed by atoms with van der Waals surface area (Å²) >= 11 is 0. The highest BCUT2D eigenvalue weighted by Gasteiger charge is 2.05. The number of methoxy groups -OCH3 is 1. The van der Waals surface area contributed by atoms with Crippen LogP contribution < -0.4 is 10.1 Å². The van der Waals surface area contributed by atoms with E-state index in [1.165, 1.54) is 0 Å². The van der Waals surface area contributed by atoms with Gasteiger partial charge in [-0.3, -0.25) is 9.78 Å². The maximum Gasteiger partial charge on any atom is 0.251 e. The van der Waals surface area contributed by atoms with Gasteiger partial charge in [0.15, 0.2) is 0 Å². The van der Waals surface area contributed by atoms with E-state index in [9.17, 15) is 4.79 Å². The molecule has 1 N–H and O–H groups in total. The largest absolute Gasteiger partial charge is 0.497 e. The molecule has 0 spiro atoms. The lowest BCUT2D eigenvalue weighted by atomic mass is 10.2. The smallest absolute Gasteiger partial charge is 0.251 e. The van der Waals surface area contributed by atoms with Gasteiger partial charge in [0.05, 0.1) is 7.11 Å². The summed E-state index contributed by atoms with van der Waals surface area (Å²) in [6, 6.07) is 11.0. The number of amides is 1. The van der Waals surface area contributed by atoms with Crippen molar-refractivity contribution in [1.82, 2.24) is 10.3 Å². The Morgan fingerprint density at radius 2 is 2.05 bits per heavy atom. The second-order valence-electron chi connectivity index (χ2n) is 4.09. The Morgan fingerprint density at radius 1 is 1.26 bits per heavy atom. The van der Waals surface area contributed by atoms with E-state index >= 15 is 0 Å². The quantitative estimate of drug-likeness (QED) is 0.891. The first kappa shape index (κ1) is 13.1. The third-order valence-electron chi connectivity index (χ3n) is 2.78. The number of hydrogen-bond donors (Lipinski definition) is 1. The predicted octanol–water partition coefficient (Wildman–Crippen LogP) is 2.06. The van der Waals surface area contributed by atoms with Crippen molar-refractivity contribution in [2.24, 2.45) is 0 Å². The Labute approximate surface area is 112 Å². The standard InChI is InChI=1S/C15H16N2O2/c1-19-14-4-2-3-13(11-14)15(18)17-10-7-12-5-8-16-9-6-12/h2-6,8-9,11H,7,10H2,1H3,(H,17,18). The van der Waals surface area contributed by atoms with Gasteiger partial charge in [-0.1, -0.05) is 6.07 Å². The summed E-state index contributed by atoms with van der Waals surface area (Å²) in [6.07, 6.45) is 4.29. The number of carbonyl (C=O) groups is 1. The van der Waals surface area contributed by atoms with E-state index in [2.05, 4.69) is 10.3 Å². The van der Waals surface area contributed by atoms with Crippen LogP contribution in [0.2, 0.25) is 0 Å². The highest BCUT2D eigenvalue weighted by atomic mass is 16.5. The molecule has 0 saturated carbocycles. The first-order valence-electron chi connectivity index (χ1n) is 6.11. The maximum atomic E-state index is 11.9. The molecule has 0 bridgehead atoms. The summed E-state index contributed by atoms with van der Waals surface area (Å²) in [5.74, 6) is 0.592. The van der Waals surface area contributed by atoms with Crippen molar-refractivity contribution in [3.05, 3.63) is 59.9 Å². The van der Waals surface area contributed by atoms with Gasteiger partial charge in [-0.05, 0) is 42.3 Å². The Balaban J connectivity index is 1.87. The number of nitrogens with zero attached hydrogens (tertiary/aromatic N) is 1. The molecular formula is C15H16N2O2. The van der Waals surface area contributed by atoms with Crippen LogP contribution >= 0.6 is 0 Å². The van der Waals surface area contributed by atoms with Crippen LogP contribution in [-0.4, -0.2) is 24.5 Å². The van der Waals surface area contributed by atoms with Gasteiger partial charge in [-0.15, -0.1) is 0 Å². The Bertz CT molecular complexity index is 541. The van der Waals surface area contributed by atoms with Crippen molar-refractivity contribution < 1.29 is 9.53 Å². The van der Waals surface area contributed by atoms with Gasteiger partial charge in [0.25, 0.3) is 5.91 Å². The molecule has 98 valence electrons. The highest BCUT2D eigenvalue weighted by Crippen LogP contribution is 2.12. The minimum absolute atomic E-state index is 0.0899. The molecule has 19 heavy (non-hydrogen) atoms. The van der Waals surface area contributed by atoms with E-state index in [-0.39, 0.29) is 5.91 Å². The lowest BCUT2D eigenvalue weighted by Gasteiger charge is -2.06. The predicted molar refractivity (Wildman–Crippen MR) is 73.3 cm³/mol. The number of benzene rings is 1. The van der Waals surface area contributed by atoms with Gasteiger partial charge in [0.1, 0.15) is 5.75 Å². The average Bonchev–Trinajstić information content (AvgIpc) is 2.48. The molecule has 1 aromatic carbocycles. The zero-order valence-electron chi connectivity index (χ0n) is 10.8. The zero-order chi connectivity index (χ0) is 13.5. The van der Waals surface area contributed by atoms with Crippen molar-refractivity contribution in [3.63, 3.8) is 0 Å². The number of pyridine rings is 1. The molecular weight excluding hydrogens is 240 g/mol. The fraction of sp³-hybridized carbons (Fsp3) is 0.200. The lowest BCUT2D eigenvalue weighted by Crippen LogP contribution is -2.25. The minimum Gasteiger partial charge on any atom is -0.497 e. The normalized spacial score (nSPS) is 9.95. The fourth-order valence-electron chi connectivity index (χ4n) is 1.74. The molecule has 1 amide bonds. The number of ether oxygens (including phenoxy) is 1. The van der Waals surface area contributed by atoms with Crippen molar-refractivity contribution in [2.45, 2.75) is 6.42 Å². The minimum atomic E-state index is -0.0899. The summed E-state index contributed by atoms with van der Waals surface area (Å²) in [4.78, 5) is 15.9. The fourth-order valence-corrected chi connectivity index (χ4v) is 1.74. The van der Waals surface area contributed by atoms with Crippen LogP contribution in [0.25, 0.3) is 0 Å². The summed E-state index contributed by atoms with van der Waals surface area (Å²) in [7, 11) is 1.58. The molecule has 4 heteroatoms. The molecule has 0 saturated heterocycles. The van der Waals surface area contributed by atoms with Gasteiger partial charge >= 0.3 is 0 Å². The lowest BCUT2D eigenvalue weighted by molar-refractivity contribution is 0.0954. The van der Waals surface area contributed by atoms with Crippen LogP contribution in [0.15, 0.2) is 48.8 Å². The van der Waals surface area contributed by atoms with Crippen LogP contribution in [0, 0.1) is 0 Å². The van der Waals surface area contributed by atoms with E-state index in [4.69, 9.17) is 4.74 Å². The van der Waals surface area contributed by atoms with Gasteiger partial charge in [0.2, 0.25) is 0 Å². The topological polar surface area (TPSA) is 51.2 Å². The molecule has 0 radical (unpaired) electrons. The average molecular weight is 256 g/mol. The van der Waals surface area contributed by atoms with Gasteiger partial charge in [-0.25, -0.2) is 0 Å². The molecule has 0 atom stereocenters. The Hall–Kier alpha value is -2.36. The van der Waals surface area contributed by atoms with Crippen LogP contribution in [0.3, 0.4) is 0 Å². The first-order valence-corrected chi connectivity index (χ1v) is 6.11. The van der Waals surface area contributed by atoms with Crippen LogP contribution in [0.1, 0.15) is 15.9 Å². The Kier molecular flexibility index (Phi) is 4.50. The summed E-state index contributed by atoms with van der Waals surface area (Å²) in [6.45, 7) is 0.597. The molecule has 0 aliphatic carbocycles. The van der Waals surface area contributed by atoms with Crippen LogP contribution in [0.4, 0.5) is 0 Å². The Morgan fingerprint density at radius 3 is 2.79 bits per heavy atom. The molecule has 2 aromatic rings.